The predicted octanol–water partition coefficient (Wildman–Crippen LogP) is 0.469. The molecule has 1 N–H and O–H groups in total. The Hall–Kier alpha value is -0.360. The Balaban J connectivity index is 3.32. The Labute approximate surface area is 45.2 Å². The highest BCUT2D eigenvalue weighted by Gasteiger charge is 1.84. The standard InChI is InChI=1S/C4H8NOP/c1-3(6)5-4(2)7/h2,7H2,1H3,(H,5,6). The van der Waals surface area contributed by atoms with Gasteiger partial charge in [-0.2, -0.15) is 0 Å². The van der Waals surface area contributed by atoms with Crippen LogP contribution in [-0.2, 0) is 4.79 Å². The molecule has 3 heteroatoms. The van der Waals surface area contributed by atoms with Crippen molar-refractivity contribution < 1.29 is 4.79 Å². The van der Waals surface area contributed by atoms with E-state index in [2.05, 4.69) is 21.1 Å². The van der Waals surface area contributed by atoms with Crippen LogP contribution in [-0.4, -0.2) is 5.91 Å². The lowest BCUT2D eigenvalue weighted by Gasteiger charge is -1.94. The lowest BCUT2D eigenvalue weighted by Crippen LogP contribution is -2.14. The first-order chi connectivity index (χ1) is 3.13. The van der Waals surface area contributed by atoms with E-state index in [0.29, 0.717) is 5.44 Å². The molecule has 0 aliphatic heterocycles. The van der Waals surface area contributed by atoms with Gasteiger partial charge in [0.05, 0.1) is 0 Å². The summed E-state index contributed by atoms with van der Waals surface area (Å²) in [5, 5.41) is 2.44. The van der Waals surface area contributed by atoms with Crippen molar-refractivity contribution in [3.05, 3.63) is 12.0 Å². The minimum atomic E-state index is -0.0833. The molecule has 40 valence electrons. The molecule has 1 amide bonds. The molecule has 2 nitrogen and oxygen atoms in total. The molecule has 0 spiro atoms. The zero-order chi connectivity index (χ0) is 5.86. The van der Waals surface area contributed by atoms with Gasteiger partial charge in [0, 0.05) is 12.4 Å². The number of rotatable bonds is 1. The zero-order valence-electron chi connectivity index (χ0n) is 4.19. The highest BCUT2D eigenvalue weighted by atomic mass is 31.0. The molecule has 0 rings (SSSR count). The second-order valence-electron chi connectivity index (χ2n) is 1.21. The van der Waals surface area contributed by atoms with Crippen molar-refractivity contribution in [3.8, 4) is 0 Å². The third kappa shape index (κ3) is 5.64. The Morgan fingerprint density at radius 3 is 2.29 bits per heavy atom. The number of carbonyl (C=O) groups is 1. The van der Waals surface area contributed by atoms with Gasteiger partial charge < -0.3 is 5.32 Å². The minimum Gasteiger partial charge on any atom is -0.327 e. The van der Waals surface area contributed by atoms with E-state index in [1.807, 2.05) is 0 Å². The van der Waals surface area contributed by atoms with Crippen LogP contribution in [0.1, 0.15) is 6.92 Å². The van der Waals surface area contributed by atoms with E-state index >= 15 is 0 Å². The van der Waals surface area contributed by atoms with E-state index in [0.717, 1.165) is 0 Å². The maximum Gasteiger partial charge on any atom is 0.221 e. The maximum atomic E-state index is 10.1. The number of hydrogen-bond donors (Lipinski definition) is 1. The quantitative estimate of drug-likeness (QED) is 0.497. The second kappa shape index (κ2) is 2.75. The Kier molecular flexibility index (Phi) is 2.61. The SMILES string of the molecule is C=C(P)NC(C)=O. The lowest BCUT2D eigenvalue weighted by atomic mass is 10.7. The van der Waals surface area contributed by atoms with Gasteiger partial charge in [-0.15, -0.1) is 0 Å². The van der Waals surface area contributed by atoms with E-state index in [9.17, 15) is 4.79 Å². The topological polar surface area (TPSA) is 29.1 Å². The summed E-state index contributed by atoms with van der Waals surface area (Å²) in [7, 11) is 2.28. The molecule has 1 unspecified atom stereocenters. The average Bonchev–Trinajstić information content (AvgIpc) is 1.27. The van der Waals surface area contributed by atoms with Gasteiger partial charge in [-0.05, 0) is 0 Å². The Bertz CT molecular complexity index is 87.9. The van der Waals surface area contributed by atoms with E-state index in [4.69, 9.17) is 0 Å². The highest BCUT2D eigenvalue weighted by Crippen LogP contribution is 1.92. The normalized spacial score (nSPS) is 7.71. The number of amides is 1. The molecule has 0 aliphatic rings. The van der Waals surface area contributed by atoms with E-state index in [1.165, 1.54) is 6.92 Å². The van der Waals surface area contributed by atoms with Crippen molar-refractivity contribution in [2.75, 3.05) is 0 Å². The van der Waals surface area contributed by atoms with Crippen LogP contribution in [0.15, 0.2) is 12.0 Å². The summed E-state index contributed by atoms with van der Waals surface area (Å²) in [6.45, 7) is 4.87. The monoisotopic (exact) mass is 117 g/mol. The van der Waals surface area contributed by atoms with Crippen LogP contribution in [0.25, 0.3) is 0 Å². The van der Waals surface area contributed by atoms with Crippen LogP contribution < -0.4 is 5.32 Å². The van der Waals surface area contributed by atoms with Crippen LogP contribution in [0, 0.1) is 0 Å². The molecule has 0 saturated carbocycles. The van der Waals surface area contributed by atoms with Crippen molar-refractivity contribution in [2.24, 2.45) is 0 Å². The molecule has 0 heterocycles. The number of carbonyl (C=O) groups excluding carboxylic acids is 1. The molecule has 0 aromatic heterocycles. The average molecular weight is 117 g/mol. The summed E-state index contributed by atoms with van der Waals surface area (Å²) < 4.78 is 0. The van der Waals surface area contributed by atoms with Crippen molar-refractivity contribution in [1.82, 2.24) is 5.32 Å². The van der Waals surface area contributed by atoms with Gasteiger partial charge in [0.1, 0.15) is 0 Å². The van der Waals surface area contributed by atoms with Crippen molar-refractivity contribution >= 4 is 15.1 Å². The van der Waals surface area contributed by atoms with E-state index in [1.54, 1.807) is 0 Å². The summed E-state index contributed by atoms with van der Waals surface area (Å²) in [5.41, 5.74) is 0.604. The van der Waals surface area contributed by atoms with Gasteiger partial charge in [0.15, 0.2) is 0 Å². The molecular formula is C4H8NOP. The summed E-state index contributed by atoms with van der Waals surface area (Å²) >= 11 is 0. The van der Waals surface area contributed by atoms with Gasteiger partial charge >= 0.3 is 0 Å². The summed E-state index contributed by atoms with van der Waals surface area (Å²) in [6.07, 6.45) is 0. The fourth-order valence-corrected chi connectivity index (χ4v) is 0.429. The minimum absolute atomic E-state index is 0.0833. The van der Waals surface area contributed by atoms with E-state index in [-0.39, 0.29) is 5.91 Å². The van der Waals surface area contributed by atoms with Crippen LogP contribution in [0.2, 0.25) is 0 Å². The first kappa shape index (κ1) is 6.64. The fraction of sp³-hybridized carbons (Fsp3) is 0.250. The zero-order valence-corrected chi connectivity index (χ0v) is 5.35. The van der Waals surface area contributed by atoms with Gasteiger partial charge in [0.25, 0.3) is 0 Å². The molecule has 0 aromatic carbocycles. The van der Waals surface area contributed by atoms with Crippen LogP contribution in [0.4, 0.5) is 0 Å². The Morgan fingerprint density at radius 1 is 1.86 bits per heavy atom. The third-order valence-corrected chi connectivity index (χ3v) is 0.481. The van der Waals surface area contributed by atoms with E-state index < -0.39 is 0 Å². The molecule has 0 saturated heterocycles. The molecule has 0 bridgehead atoms. The summed E-state index contributed by atoms with van der Waals surface area (Å²) in [4.78, 5) is 10.1. The second-order valence-corrected chi connectivity index (χ2v) is 1.90. The van der Waals surface area contributed by atoms with Crippen LogP contribution >= 0.6 is 9.24 Å². The molecule has 0 fully saturated rings. The van der Waals surface area contributed by atoms with Crippen LogP contribution in [0.5, 0.6) is 0 Å². The van der Waals surface area contributed by atoms with Gasteiger partial charge in [-0.1, -0.05) is 15.8 Å². The van der Waals surface area contributed by atoms with Gasteiger partial charge in [0.2, 0.25) is 5.91 Å². The first-order valence-corrected chi connectivity index (χ1v) is 2.42. The first-order valence-electron chi connectivity index (χ1n) is 1.85. The molecule has 1 atom stereocenters. The van der Waals surface area contributed by atoms with Crippen molar-refractivity contribution in [3.63, 3.8) is 0 Å². The molecule has 0 aliphatic carbocycles. The molecule has 0 radical (unpaired) electrons. The fourth-order valence-electron chi connectivity index (χ4n) is 0.226. The predicted molar refractivity (Wildman–Crippen MR) is 32.7 cm³/mol. The lowest BCUT2D eigenvalue weighted by molar-refractivity contribution is -0.118. The smallest absolute Gasteiger partial charge is 0.221 e. The van der Waals surface area contributed by atoms with Crippen LogP contribution in [0.3, 0.4) is 0 Å². The third-order valence-electron chi connectivity index (χ3n) is 0.337. The number of nitrogens with one attached hydrogen (secondary N) is 1. The summed E-state index contributed by atoms with van der Waals surface area (Å²) in [6, 6.07) is 0. The van der Waals surface area contributed by atoms with Gasteiger partial charge in [-0.25, -0.2) is 0 Å². The van der Waals surface area contributed by atoms with Crippen molar-refractivity contribution in [2.45, 2.75) is 6.92 Å². The van der Waals surface area contributed by atoms with Gasteiger partial charge in [-0.3, -0.25) is 4.79 Å². The Morgan fingerprint density at radius 2 is 2.29 bits per heavy atom. The maximum absolute atomic E-state index is 10.1. The molecule has 0 aromatic rings. The number of hydrogen-bond acceptors (Lipinski definition) is 1. The molecule has 7 heavy (non-hydrogen) atoms. The van der Waals surface area contributed by atoms with Crippen molar-refractivity contribution in [1.29, 1.82) is 0 Å². The summed E-state index contributed by atoms with van der Waals surface area (Å²) in [5.74, 6) is -0.0833. The highest BCUT2D eigenvalue weighted by molar-refractivity contribution is 7.22. The largest absolute Gasteiger partial charge is 0.327 e. The molecular weight excluding hydrogens is 109 g/mol.